The highest BCUT2D eigenvalue weighted by Gasteiger charge is 2.13. The Kier molecular flexibility index (Phi) is 4.75. The summed E-state index contributed by atoms with van der Waals surface area (Å²) in [7, 11) is 0. The van der Waals surface area contributed by atoms with Crippen molar-refractivity contribution in [2.75, 3.05) is 11.9 Å². The number of anilines is 1. The maximum atomic E-state index is 12.3. The van der Waals surface area contributed by atoms with E-state index < -0.39 is 11.9 Å². The van der Waals surface area contributed by atoms with Crippen LogP contribution in [0.1, 0.15) is 10.4 Å². The van der Waals surface area contributed by atoms with Crippen molar-refractivity contribution in [2.24, 2.45) is 0 Å². The van der Waals surface area contributed by atoms with Gasteiger partial charge in [0.2, 0.25) is 0 Å². The van der Waals surface area contributed by atoms with Gasteiger partial charge in [-0.15, -0.1) is 0 Å². The molecule has 0 unspecified atom stereocenters. The number of nitrogens with zero attached hydrogens (tertiary/aromatic N) is 3. The van der Waals surface area contributed by atoms with E-state index in [1.54, 1.807) is 55.1 Å². The Morgan fingerprint density at radius 2 is 1.89 bits per heavy atom. The summed E-state index contributed by atoms with van der Waals surface area (Å²) in [6, 6.07) is 12.0. The Hall–Kier alpha value is -4.07. The fourth-order valence-corrected chi connectivity index (χ4v) is 2.62. The van der Waals surface area contributed by atoms with Crippen LogP contribution in [0.5, 0.6) is 0 Å². The number of rotatable bonds is 5. The van der Waals surface area contributed by atoms with Crippen LogP contribution in [0, 0.1) is 0 Å². The third-order valence-electron chi connectivity index (χ3n) is 3.95. The van der Waals surface area contributed by atoms with Gasteiger partial charge in [0, 0.05) is 36.0 Å². The highest BCUT2D eigenvalue weighted by atomic mass is 16.5. The van der Waals surface area contributed by atoms with Crippen LogP contribution < -0.4 is 5.32 Å². The number of esters is 1. The number of hydrogen-bond acceptors (Lipinski definition) is 6. The number of amides is 1. The number of carbonyl (C=O) groups is 2. The van der Waals surface area contributed by atoms with Crippen LogP contribution in [0.15, 0.2) is 67.3 Å². The maximum Gasteiger partial charge on any atom is 0.338 e. The third-order valence-corrected chi connectivity index (χ3v) is 3.95. The molecule has 3 aromatic heterocycles. The van der Waals surface area contributed by atoms with Crippen molar-refractivity contribution in [3.63, 3.8) is 0 Å². The van der Waals surface area contributed by atoms with Gasteiger partial charge in [0.05, 0.1) is 16.6 Å². The van der Waals surface area contributed by atoms with Crippen LogP contribution in [0.4, 0.5) is 5.69 Å². The van der Waals surface area contributed by atoms with Gasteiger partial charge in [0.1, 0.15) is 5.82 Å². The molecule has 1 aromatic carbocycles. The first-order valence-corrected chi connectivity index (χ1v) is 8.46. The molecule has 0 saturated heterocycles. The zero-order valence-corrected chi connectivity index (χ0v) is 14.6. The molecule has 0 spiro atoms. The number of aromatic amines is 1. The predicted molar refractivity (Wildman–Crippen MR) is 102 cm³/mol. The number of aromatic nitrogens is 4. The molecule has 28 heavy (non-hydrogen) atoms. The lowest BCUT2D eigenvalue weighted by Crippen LogP contribution is -2.20. The Balaban J connectivity index is 1.43. The van der Waals surface area contributed by atoms with Crippen molar-refractivity contribution in [1.82, 2.24) is 19.9 Å². The average molecular weight is 373 g/mol. The van der Waals surface area contributed by atoms with Crippen molar-refractivity contribution >= 4 is 28.6 Å². The fraction of sp³-hybridized carbons (Fsp3) is 0.0500. The smallest absolute Gasteiger partial charge is 0.338 e. The van der Waals surface area contributed by atoms with Gasteiger partial charge >= 0.3 is 5.97 Å². The lowest BCUT2D eigenvalue weighted by Gasteiger charge is -2.06. The molecule has 0 fully saturated rings. The van der Waals surface area contributed by atoms with E-state index >= 15 is 0 Å². The van der Waals surface area contributed by atoms with E-state index in [-0.39, 0.29) is 6.61 Å². The maximum absolute atomic E-state index is 12.3. The molecule has 0 bridgehead atoms. The number of imidazole rings is 1. The highest BCUT2D eigenvalue weighted by molar-refractivity contribution is 5.97. The van der Waals surface area contributed by atoms with Gasteiger partial charge in [-0.25, -0.2) is 9.78 Å². The van der Waals surface area contributed by atoms with Crippen molar-refractivity contribution < 1.29 is 14.3 Å². The molecule has 0 radical (unpaired) electrons. The molecule has 8 heteroatoms. The minimum absolute atomic E-state index is 0.325. The van der Waals surface area contributed by atoms with Gasteiger partial charge in [0.15, 0.2) is 6.61 Å². The Morgan fingerprint density at radius 3 is 2.68 bits per heavy atom. The SMILES string of the molecule is O=C(COC(=O)c1ccc2nc(-c3cccnc3)[nH]c2c1)Nc1ccncc1. The van der Waals surface area contributed by atoms with E-state index in [4.69, 9.17) is 4.74 Å². The molecular weight excluding hydrogens is 358 g/mol. The van der Waals surface area contributed by atoms with Crippen LogP contribution in [0.25, 0.3) is 22.4 Å². The van der Waals surface area contributed by atoms with Crippen molar-refractivity contribution in [2.45, 2.75) is 0 Å². The lowest BCUT2D eigenvalue weighted by molar-refractivity contribution is -0.119. The number of H-pyrrole nitrogens is 1. The summed E-state index contributed by atoms with van der Waals surface area (Å²) in [6.07, 6.45) is 6.50. The van der Waals surface area contributed by atoms with Crippen LogP contribution in [-0.4, -0.2) is 38.4 Å². The summed E-state index contributed by atoms with van der Waals surface area (Å²) in [5.74, 6) is -0.365. The molecule has 8 nitrogen and oxygen atoms in total. The average Bonchev–Trinajstić information content (AvgIpc) is 3.17. The Bertz CT molecular complexity index is 1130. The van der Waals surface area contributed by atoms with Gasteiger partial charge in [0.25, 0.3) is 5.91 Å². The van der Waals surface area contributed by atoms with E-state index in [1.165, 1.54) is 0 Å². The molecule has 4 aromatic rings. The molecular formula is C20H15N5O3. The second-order valence-electron chi connectivity index (χ2n) is 5.92. The summed E-state index contributed by atoms with van der Waals surface area (Å²) in [6.45, 7) is -0.386. The first-order chi connectivity index (χ1) is 13.7. The molecule has 0 saturated carbocycles. The predicted octanol–water partition coefficient (Wildman–Crippen LogP) is 2.82. The van der Waals surface area contributed by atoms with Crippen LogP contribution in [-0.2, 0) is 9.53 Å². The van der Waals surface area contributed by atoms with Gasteiger partial charge in [-0.3, -0.25) is 14.8 Å². The summed E-state index contributed by atoms with van der Waals surface area (Å²) in [5, 5.41) is 2.62. The topological polar surface area (TPSA) is 110 Å². The fourth-order valence-electron chi connectivity index (χ4n) is 2.62. The Morgan fingerprint density at radius 1 is 1.04 bits per heavy atom. The standard InChI is InChI=1S/C20H15N5O3/c26-18(23-15-5-8-21-9-6-15)12-28-20(27)13-3-4-16-17(10-13)25-19(24-16)14-2-1-7-22-11-14/h1-11H,12H2,(H,24,25)(H,21,23,26). The molecule has 0 aliphatic rings. The van der Waals surface area contributed by atoms with E-state index in [2.05, 4.69) is 25.3 Å². The molecule has 2 N–H and O–H groups in total. The molecule has 1 amide bonds. The molecule has 4 rings (SSSR count). The number of hydrogen-bond donors (Lipinski definition) is 2. The van der Waals surface area contributed by atoms with E-state index in [0.29, 0.717) is 28.1 Å². The number of benzene rings is 1. The number of fused-ring (bicyclic) bond motifs is 1. The molecule has 3 heterocycles. The van der Waals surface area contributed by atoms with Crippen LogP contribution in [0.3, 0.4) is 0 Å². The quantitative estimate of drug-likeness (QED) is 0.521. The van der Waals surface area contributed by atoms with Gasteiger partial charge in [-0.1, -0.05) is 0 Å². The number of pyridine rings is 2. The van der Waals surface area contributed by atoms with Crippen molar-refractivity contribution in [3.05, 3.63) is 72.8 Å². The summed E-state index contributed by atoms with van der Waals surface area (Å²) < 4.78 is 5.09. The number of nitrogens with one attached hydrogen (secondary N) is 2. The van der Waals surface area contributed by atoms with Gasteiger partial charge < -0.3 is 15.0 Å². The monoisotopic (exact) mass is 373 g/mol. The summed E-state index contributed by atoms with van der Waals surface area (Å²) in [4.78, 5) is 39.7. The Labute approximate surface area is 159 Å². The van der Waals surface area contributed by atoms with Crippen LogP contribution >= 0.6 is 0 Å². The van der Waals surface area contributed by atoms with E-state index in [0.717, 1.165) is 5.56 Å². The number of carbonyl (C=O) groups excluding carboxylic acids is 2. The lowest BCUT2D eigenvalue weighted by atomic mass is 10.2. The third kappa shape index (κ3) is 3.85. The summed E-state index contributed by atoms with van der Waals surface area (Å²) in [5.41, 5.74) is 3.15. The first-order valence-electron chi connectivity index (χ1n) is 8.46. The van der Waals surface area contributed by atoms with E-state index in [9.17, 15) is 9.59 Å². The van der Waals surface area contributed by atoms with Crippen molar-refractivity contribution in [3.8, 4) is 11.4 Å². The van der Waals surface area contributed by atoms with E-state index in [1.807, 2.05) is 12.1 Å². The second kappa shape index (κ2) is 7.67. The van der Waals surface area contributed by atoms with Gasteiger partial charge in [-0.05, 0) is 42.5 Å². The molecule has 0 atom stereocenters. The highest BCUT2D eigenvalue weighted by Crippen LogP contribution is 2.20. The second-order valence-corrected chi connectivity index (χ2v) is 5.92. The van der Waals surface area contributed by atoms with Gasteiger partial charge in [-0.2, -0.15) is 0 Å². The zero-order chi connectivity index (χ0) is 19.3. The van der Waals surface area contributed by atoms with Crippen LogP contribution in [0.2, 0.25) is 0 Å². The normalized spacial score (nSPS) is 10.6. The minimum atomic E-state index is -0.593. The molecule has 0 aliphatic carbocycles. The number of ether oxygens (including phenoxy) is 1. The minimum Gasteiger partial charge on any atom is -0.452 e. The zero-order valence-electron chi connectivity index (χ0n) is 14.6. The first kappa shape index (κ1) is 17.3. The van der Waals surface area contributed by atoms with Crippen molar-refractivity contribution in [1.29, 1.82) is 0 Å². The molecule has 138 valence electrons. The largest absolute Gasteiger partial charge is 0.452 e. The molecule has 0 aliphatic heterocycles. The summed E-state index contributed by atoms with van der Waals surface area (Å²) >= 11 is 0.